The van der Waals surface area contributed by atoms with Gasteiger partial charge in [-0.1, -0.05) is 13.8 Å². The predicted molar refractivity (Wildman–Crippen MR) is 76.4 cm³/mol. The zero-order chi connectivity index (χ0) is 12.8. The fraction of sp³-hybridized carbons (Fsp3) is 0.769. The van der Waals surface area contributed by atoms with Crippen molar-refractivity contribution in [3.63, 3.8) is 0 Å². The number of nitrogens with zero attached hydrogens (tertiary/aromatic N) is 2. The van der Waals surface area contributed by atoms with Gasteiger partial charge in [-0.05, 0) is 49.2 Å². The van der Waals surface area contributed by atoms with Gasteiger partial charge in [-0.15, -0.1) is 0 Å². The van der Waals surface area contributed by atoms with Gasteiger partial charge in [0.05, 0.1) is 15.9 Å². The van der Waals surface area contributed by atoms with Crippen molar-refractivity contribution < 1.29 is 0 Å². The van der Waals surface area contributed by atoms with Crippen LogP contribution in [0.1, 0.15) is 45.0 Å². The summed E-state index contributed by atoms with van der Waals surface area (Å²) in [5.74, 6) is 0. The largest absolute Gasteiger partial charge is 0.314 e. The minimum atomic E-state index is 0.549. The summed E-state index contributed by atoms with van der Waals surface area (Å²) in [5.41, 5.74) is 2.41. The van der Waals surface area contributed by atoms with E-state index in [1.54, 1.807) is 0 Å². The van der Waals surface area contributed by atoms with Gasteiger partial charge in [0.25, 0.3) is 0 Å². The fourth-order valence-corrected chi connectivity index (χ4v) is 2.45. The van der Waals surface area contributed by atoms with E-state index in [1.807, 2.05) is 0 Å². The molecule has 0 fully saturated rings. The lowest BCUT2D eigenvalue weighted by molar-refractivity contribution is 0.474. The molecular weight excluding hydrogens is 278 g/mol. The molecule has 0 bridgehead atoms. The van der Waals surface area contributed by atoms with Gasteiger partial charge in [0.1, 0.15) is 0 Å². The zero-order valence-electron chi connectivity index (χ0n) is 11.4. The van der Waals surface area contributed by atoms with Crippen LogP contribution >= 0.6 is 15.9 Å². The Balaban J connectivity index is 2.77. The molecular formula is C13H24BrN3. The van der Waals surface area contributed by atoms with E-state index < -0.39 is 0 Å². The van der Waals surface area contributed by atoms with Crippen LogP contribution in [0.15, 0.2) is 4.47 Å². The van der Waals surface area contributed by atoms with E-state index >= 15 is 0 Å². The van der Waals surface area contributed by atoms with Crippen molar-refractivity contribution in [3.05, 3.63) is 15.9 Å². The molecule has 1 aromatic rings. The zero-order valence-corrected chi connectivity index (χ0v) is 13.0. The predicted octanol–water partition coefficient (Wildman–Crippen LogP) is 3.29. The summed E-state index contributed by atoms with van der Waals surface area (Å²) in [6, 6.07) is 0.549. The Kier molecular flexibility index (Phi) is 6.20. The Bertz CT molecular complexity index is 347. The molecule has 98 valence electrons. The summed E-state index contributed by atoms with van der Waals surface area (Å²) in [4.78, 5) is 0. The standard InChI is InChI=1S/C13H24BrN3/c1-5-8-15-11(6-2)9-12-13(14)10(4)16-17(12)7-3/h11,15H,5-9H2,1-4H3. The first-order valence-electron chi connectivity index (χ1n) is 6.59. The molecule has 17 heavy (non-hydrogen) atoms. The van der Waals surface area contributed by atoms with E-state index in [1.165, 1.54) is 16.6 Å². The monoisotopic (exact) mass is 301 g/mol. The van der Waals surface area contributed by atoms with Crippen molar-refractivity contribution in [2.24, 2.45) is 0 Å². The second kappa shape index (κ2) is 7.17. The molecule has 0 aliphatic heterocycles. The summed E-state index contributed by atoms with van der Waals surface area (Å²) < 4.78 is 3.28. The lowest BCUT2D eigenvalue weighted by atomic mass is 10.1. The minimum absolute atomic E-state index is 0.549. The Morgan fingerprint density at radius 2 is 2.06 bits per heavy atom. The minimum Gasteiger partial charge on any atom is -0.314 e. The maximum absolute atomic E-state index is 4.54. The molecule has 1 rings (SSSR count). The van der Waals surface area contributed by atoms with Crippen molar-refractivity contribution in [2.75, 3.05) is 6.54 Å². The third-order valence-corrected chi connectivity index (χ3v) is 4.10. The fourth-order valence-electron chi connectivity index (χ4n) is 2.01. The van der Waals surface area contributed by atoms with Crippen molar-refractivity contribution in [1.82, 2.24) is 15.1 Å². The molecule has 0 radical (unpaired) electrons. The molecule has 0 spiro atoms. The van der Waals surface area contributed by atoms with Crippen LogP contribution in [0.25, 0.3) is 0 Å². The first kappa shape index (κ1) is 14.7. The topological polar surface area (TPSA) is 29.9 Å². The number of rotatable bonds is 7. The first-order valence-corrected chi connectivity index (χ1v) is 7.38. The highest BCUT2D eigenvalue weighted by molar-refractivity contribution is 9.10. The SMILES string of the molecule is CCCNC(CC)Cc1c(Br)c(C)nn1CC. The van der Waals surface area contributed by atoms with Crippen LogP contribution in [0.2, 0.25) is 0 Å². The van der Waals surface area contributed by atoms with Crippen molar-refractivity contribution in [1.29, 1.82) is 0 Å². The highest BCUT2D eigenvalue weighted by Gasteiger charge is 2.15. The lowest BCUT2D eigenvalue weighted by Gasteiger charge is -2.17. The number of hydrogen-bond donors (Lipinski definition) is 1. The van der Waals surface area contributed by atoms with Crippen molar-refractivity contribution >= 4 is 15.9 Å². The van der Waals surface area contributed by atoms with Crippen LogP contribution in [0.5, 0.6) is 0 Å². The Hall–Kier alpha value is -0.350. The van der Waals surface area contributed by atoms with Crippen molar-refractivity contribution in [2.45, 2.75) is 59.5 Å². The Labute approximate surface area is 113 Å². The number of hydrogen-bond acceptors (Lipinski definition) is 2. The van der Waals surface area contributed by atoms with E-state index in [0.29, 0.717) is 6.04 Å². The van der Waals surface area contributed by atoms with E-state index in [0.717, 1.165) is 31.6 Å². The molecule has 0 aliphatic rings. The van der Waals surface area contributed by atoms with Crippen LogP contribution in [0.3, 0.4) is 0 Å². The summed E-state index contributed by atoms with van der Waals surface area (Å²) >= 11 is 3.66. The maximum atomic E-state index is 4.54. The summed E-state index contributed by atoms with van der Waals surface area (Å²) in [6.07, 6.45) is 3.38. The molecule has 1 atom stereocenters. The number of halogens is 1. The number of nitrogens with one attached hydrogen (secondary N) is 1. The molecule has 0 amide bonds. The summed E-state index contributed by atoms with van der Waals surface area (Å²) in [5, 5.41) is 8.13. The van der Waals surface area contributed by atoms with Crippen LogP contribution in [0, 0.1) is 6.92 Å². The average molecular weight is 302 g/mol. The van der Waals surface area contributed by atoms with E-state index in [9.17, 15) is 0 Å². The van der Waals surface area contributed by atoms with Gasteiger partial charge < -0.3 is 5.32 Å². The molecule has 1 aromatic heterocycles. The van der Waals surface area contributed by atoms with Gasteiger partial charge in [-0.2, -0.15) is 5.10 Å². The third-order valence-electron chi connectivity index (χ3n) is 3.07. The summed E-state index contributed by atoms with van der Waals surface area (Å²) in [7, 11) is 0. The Morgan fingerprint density at radius 1 is 1.35 bits per heavy atom. The van der Waals surface area contributed by atoms with Crippen LogP contribution < -0.4 is 5.32 Å². The van der Waals surface area contributed by atoms with Gasteiger partial charge in [-0.25, -0.2) is 0 Å². The van der Waals surface area contributed by atoms with Gasteiger partial charge in [-0.3, -0.25) is 4.68 Å². The molecule has 0 saturated heterocycles. The van der Waals surface area contributed by atoms with Crippen LogP contribution in [-0.4, -0.2) is 22.4 Å². The highest BCUT2D eigenvalue weighted by Crippen LogP contribution is 2.22. The molecule has 1 N–H and O–H groups in total. The molecule has 3 nitrogen and oxygen atoms in total. The average Bonchev–Trinajstić information content (AvgIpc) is 2.61. The maximum Gasteiger partial charge on any atom is 0.0738 e. The molecule has 1 unspecified atom stereocenters. The summed E-state index contributed by atoms with van der Waals surface area (Å²) in [6.45, 7) is 10.7. The second-order valence-corrected chi connectivity index (χ2v) is 5.22. The molecule has 0 aromatic carbocycles. The third kappa shape index (κ3) is 3.81. The Morgan fingerprint density at radius 3 is 2.59 bits per heavy atom. The number of aromatic nitrogens is 2. The molecule has 0 saturated carbocycles. The quantitative estimate of drug-likeness (QED) is 0.837. The van der Waals surface area contributed by atoms with Gasteiger partial charge in [0.2, 0.25) is 0 Å². The van der Waals surface area contributed by atoms with E-state index in [-0.39, 0.29) is 0 Å². The van der Waals surface area contributed by atoms with Crippen molar-refractivity contribution in [3.8, 4) is 0 Å². The molecule has 0 aliphatic carbocycles. The molecule has 4 heteroatoms. The number of aryl methyl sites for hydroxylation is 2. The van der Waals surface area contributed by atoms with Gasteiger partial charge >= 0.3 is 0 Å². The van der Waals surface area contributed by atoms with Crippen LogP contribution in [0.4, 0.5) is 0 Å². The normalized spacial score (nSPS) is 13.0. The van der Waals surface area contributed by atoms with Gasteiger partial charge in [0, 0.05) is 19.0 Å². The lowest BCUT2D eigenvalue weighted by Crippen LogP contribution is -2.32. The second-order valence-electron chi connectivity index (χ2n) is 4.43. The first-order chi connectivity index (χ1) is 8.13. The van der Waals surface area contributed by atoms with E-state index in [4.69, 9.17) is 0 Å². The smallest absolute Gasteiger partial charge is 0.0738 e. The highest BCUT2D eigenvalue weighted by atomic mass is 79.9. The molecule has 1 heterocycles. The van der Waals surface area contributed by atoms with E-state index in [2.05, 4.69) is 58.7 Å². The van der Waals surface area contributed by atoms with Crippen LogP contribution in [-0.2, 0) is 13.0 Å². The van der Waals surface area contributed by atoms with Gasteiger partial charge in [0.15, 0.2) is 0 Å².